The van der Waals surface area contributed by atoms with E-state index < -0.39 is 24.6 Å². The summed E-state index contributed by atoms with van der Waals surface area (Å²) in [5.74, 6) is -3.70. The van der Waals surface area contributed by atoms with Crippen molar-refractivity contribution in [1.29, 1.82) is 0 Å². The van der Waals surface area contributed by atoms with E-state index in [1.54, 1.807) is 6.07 Å². The molecule has 0 radical (unpaired) electrons. The Kier molecular flexibility index (Phi) is 4.18. The van der Waals surface area contributed by atoms with Crippen LogP contribution in [0.15, 0.2) is 18.2 Å². The third-order valence-electron chi connectivity index (χ3n) is 2.49. The van der Waals surface area contributed by atoms with Gasteiger partial charge in [0.05, 0.1) is 5.69 Å². The van der Waals surface area contributed by atoms with Crippen LogP contribution in [0.3, 0.4) is 0 Å². The van der Waals surface area contributed by atoms with Crippen LogP contribution in [-0.4, -0.2) is 29.7 Å². The quantitative estimate of drug-likeness (QED) is 0.920. The van der Waals surface area contributed by atoms with Crippen molar-refractivity contribution in [2.24, 2.45) is 0 Å². The minimum Gasteiger partial charge on any atom is -0.480 e. The fraction of sp³-hybridized carbons (Fsp3) is 0.333. The zero-order valence-corrected chi connectivity index (χ0v) is 10.3. The number of alkyl halides is 3. The van der Waals surface area contributed by atoms with Gasteiger partial charge >= 0.3 is 18.1 Å². The molecule has 19 heavy (non-hydrogen) atoms. The number of amides is 1. The Bertz CT molecular complexity index is 491. The van der Waals surface area contributed by atoms with Crippen molar-refractivity contribution in [2.75, 3.05) is 11.4 Å². The first-order valence-electron chi connectivity index (χ1n) is 5.31. The number of carboxylic acid groups (broad SMARTS) is 1. The molecule has 1 amide bonds. The molecular weight excluding hydrogens is 263 g/mol. The van der Waals surface area contributed by atoms with Gasteiger partial charge in [-0.1, -0.05) is 18.2 Å². The molecule has 0 aliphatic heterocycles. The summed E-state index contributed by atoms with van der Waals surface area (Å²) >= 11 is 0. The van der Waals surface area contributed by atoms with Crippen molar-refractivity contribution >= 4 is 17.6 Å². The Balaban J connectivity index is 3.33. The van der Waals surface area contributed by atoms with Gasteiger partial charge in [0.1, 0.15) is 6.54 Å². The van der Waals surface area contributed by atoms with Gasteiger partial charge in [-0.3, -0.25) is 14.5 Å². The second kappa shape index (κ2) is 5.29. The first-order valence-corrected chi connectivity index (χ1v) is 5.31. The number of hydrogen-bond acceptors (Lipinski definition) is 2. The van der Waals surface area contributed by atoms with E-state index in [4.69, 9.17) is 5.11 Å². The van der Waals surface area contributed by atoms with E-state index in [2.05, 4.69) is 0 Å². The van der Waals surface area contributed by atoms with Gasteiger partial charge < -0.3 is 5.11 Å². The topological polar surface area (TPSA) is 57.6 Å². The van der Waals surface area contributed by atoms with Crippen molar-refractivity contribution in [3.8, 4) is 0 Å². The second-order valence-electron chi connectivity index (χ2n) is 4.02. The molecule has 0 heterocycles. The van der Waals surface area contributed by atoms with Crippen LogP contribution in [0.5, 0.6) is 0 Å². The van der Waals surface area contributed by atoms with Gasteiger partial charge in [0.2, 0.25) is 0 Å². The van der Waals surface area contributed by atoms with Crippen molar-refractivity contribution in [3.63, 3.8) is 0 Å². The highest BCUT2D eigenvalue weighted by molar-refractivity contribution is 6.01. The molecule has 0 atom stereocenters. The first kappa shape index (κ1) is 15.0. The van der Waals surface area contributed by atoms with Gasteiger partial charge in [-0.2, -0.15) is 13.2 Å². The van der Waals surface area contributed by atoms with Gasteiger partial charge in [-0.05, 0) is 25.0 Å². The predicted molar refractivity (Wildman–Crippen MR) is 62.0 cm³/mol. The van der Waals surface area contributed by atoms with E-state index in [0.29, 0.717) is 11.1 Å². The number of rotatable bonds is 3. The largest absolute Gasteiger partial charge is 0.480 e. The highest BCUT2D eigenvalue weighted by Gasteiger charge is 2.44. The molecule has 0 aromatic heterocycles. The molecule has 0 aliphatic rings. The number of aliphatic carboxylic acids is 1. The number of halogens is 3. The maximum atomic E-state index is 12.5. The summed E-state index contributed by atoms with van der Waals surface area (Å²) in [6, 6.07) is 4.65. The minimum absolute atomic E-state index is 0.0211. The van der Waals surface area contributed by atoms with Crippen molar-refractivity contribution in [3.05, 3.63) is 29.3 Å². The summed E-state index contributed by atoms with van der Waals surface area (Å²) in [6.07, 6.45) is -5.12. The molecule has 0 saturated heterocycles. The van der Waals surface area contributed by atoms with Gasteiger partial charge in [0, 0.05) is 0 Å². The van der Waals surface area contributed by atoms with Crippen LogP contribution >= 0.6 is 0 Å². The van der Waals surface area contributed by atoms with Crippen LogP contribution in [0.4, 0.5) is 18.9 Å². The van der Waals surface area contributed by atoms with Crippen LogP contribution < -0.4 is 4.90 Å². The maximum Gasteiger partial charge on any atom is 0.471 e. The smallest absolute Gasteiger partial charge is 0.471 e. The van der Waals surface area contributed by atoms with Gasteiger partial charge in [-0.25, -0.2) is 0 Å². The highest BCUT2D eigenvalue weighted by Crippen LogP contribution is 2.29. The number of aryl methyl sites for hydroxylation is 2. The zero-order chi connectivity index (χ0) is 14.8. The lowest BCUT2D eigenvalue weighted by molar-refractivity contribution is -0.171. The van der Waals surface area contributed by atoms with Crippen LogP contribution in [0.2, 0.25) is 0 Å². The summed E-state index contributed by atoms with van der Waals surface area (Å²) in [7, 11) is 0. The zero-order valence-electron chi connectivity index (χ0n) is 10.3. The molecule has 0 aliphatic carbocycles. The second-order valence-corrected chi connectivity index (χ2v) is 4.02. The molecular formula is C12H12F3NO3. The third kappa shape index (κ3) is 3.46. The molecule has 1 N–H and O–H groups in total. The number of carbonyl (C=O) groups is 2. The SMILES string of the molecule is Cc1cccc(C)c1N(CC(=O)O)C(=O)C(F)(F)F. The number of hydrogen-bond donors (Lipinski definition) is 1. The fourth-order valence-electron chi connectivity index (χ4n) is 1.77. The monoisotopic (exact) mass is 275 g/mol. The fourth-order valence-corrected chi connectivity index (χ4v) is 1.77. The molecule has 0 unspecified atom stereocenters. The predicted octanol–water partition coefficient (Wildman–Crippen LogP) is 2.28. The number of para-hydroxylation sites is 1. The number of benzene rings is 1. The Morgan fingerprint density at radius 2 is 1.68 bits per heavy atom. The normalized spacial score (nSPS) is 11.2. The molecule has 0 fully saturated rings. The first-order chi connectivity index (χ1) is 8.64. The molecule has 1 aromatic carbocycles. The van der Waals surface area contributed by atoms with E-state index in [-0.39, 0.29) is 10.6 Å². The minimum atomic E-state index is -5.12. The Morgan fingerprint density at radius 1 is 1.21 bits per heavy atom. The van der Waals surface area contributed by atoms with E-state index in [0.717, 1.165) is 0 Å². The van der Waals surface area contributed by atoms with Crippen molar-refractivity contribution in [2.45, 2.75) is 20.0 Å². The van der Waals surface area contributed by atoms with Gasteiger partial charge in [0.25, 0.3) is 0 Å². The summed E-state index contributed by atoms with van der Waals surface area (Å²) in [6.45, 7) is 1.99. The highest BCUT2D eigenvalue weighted by atomic mass is 19.4. The maximum absolute atomic E-state index is 12.5. The summed E-state index contributed by atoms with van der Waals surface area (Å²) < 4.78 is 37.5. The van der Waals surface area contributed by atoms with Crippen LogP contribution in [-0.2, 0) is 9.59 Å². The summed E-state index contributed by atoms with van der Waals surface area (Å²) in [4.78, 5) is 22.3. The van der Waals surface area contributed by atoms with Gasteiger partial charge in [0.15, 0.2) is 0 Å². The van der Waals surface area contributed by atoms with Crippen LogP contribution in [0.25, 0.3) is 0 Å². The molecule has 0 bridgehead atoms. The summed E-state index contributed by atoms with van der Waals surface area (Å²) in [5.41, 5.74) is 0.782. The average molecular weight is 275 g/mol. The molecule has 0 spiro atoms. The number of anilines is 1. The number of nitrogens with zero attached hydrogens (tertiary/aromatic N) is 1. The molecule has 4 nitrogen and oxygen atoms in total. The Labute approximate surface area is 107 Å². The van der Waals surface area contributed by atoms with Crippen LogP contribution in [0.1, 0.15) is 11.1 Å². The number of carbonyl (C=O) groups excluding carboxylic acids is 1. The number of carboxylic acids is 1. The van der Waals surface area contributed by atoms with Gasteiger partial charge in [-0.15, -0.1) is 0 Å². The molecule has 7 heteroatoms. The van der Waals surface area contributed by atoms with Crippen molar-refractivity contribution < 1.29 is 27.9 Å². The molecule has 0 saturated carbocycles. The van der Waals surface area contributed by atoms with Crippen LogP contribution in [0, 0.1) is 13.8 Å². The third-order valence-corrected chi connectivity index (χ3v) is 2.49. The Morgan fingerprint density at radius 3 is 2.05 bits per heavy atom. The average Bonchev–Trinajstić information content (AvgIpc) is 2.24. The lowest BCUT2D eigenvalue weighted by atomic mass is 10.1. The standard InChI is InChI=1S/C12H12F3NO3/c1-7-4-3-5-8(2)10(7)16(6-9(17)18)11(19)12(13,14)15/h3-5H,6H2,1-2H3,(H,17,18). The Hall–Kier alpha value is -2.05. The molecule has 1 aromatic rings. The van der Waals surface area contributed by atoms with Crippen molar-refractivity contribution in [1.82, 2.24) is 0 Å². The lowest BCUT2D eigenvalue weighted by Crippen LogP contribution is -2.44. The van der Waals surface area contributed by atoms with E-state index in [9.17, 15) is 22.8 Å². The van der Waals surface area contributed by atoms with E-state index in [1.165, 1.54) is 26.0 Å². The lowest BCUT2D eigenvalue weighted by Gasteiger charge is -2.25. The molecule has 104 valence electrons. The molecule has 1 rings (SSSR count). The van der Waals surface area contributed by atoms with E-state index in [1.807, 2.05) is 0 Å². The van der Waals surface area contributed by atoms with E-state index >= 15 is 0 Å². The summed E-state index contributed by atoms with van der Waals surface area (Å²) in [5, 5.41) is 8.68.